The molecule has 2 rings (SSSR count). The van der Waals surface area contributed by atoms with Crippen molar-refractivity contribution in [2.45, 2.75) is 12.8 Å². The molecule has 0 fully saturated rings. The van der Waals surface area contributed by atoms with Crippen LogP contribution in [-0.2, 0) is 11.2 Å². The first-order chi connectivity index (χ1) is 10.2. The number of carbonyl (C=O) groups is 1. The highest BCUT2D eigenvalue weighted by atomic mass is 16.5. The summed E-state index contributed by atoms with van der Waals surface area (Å²) in [5, 5.41) is 6.47. The average molecular weight is 285 g/mol. The van der Waals surface area contributed by atoms with Gasteiger partial charge < -0.3 is 14.6 Å². The number of aryl methyl sites for hydroxylation is 1. The third-order valence-corrected chi connectivity index (χ3v) is 2.77. The molecule has 0 bridgehead atoms. The highest BCUT2D eigenvalue weighted by molar-refractivity contribution is 5.76. The maximum atomic E-state index is 11.4. The van der Waals surface area contributed by atoms with Gasteiger partial charge >= 0.3 is 0 Å². The van der Waals surface area contributed by atoms with Crippen molar-refractivity contribution in [3.63, 3.8) is 0 Å². The number of benzene rings is 1. The molecule has 0 radical (unpaired) electrons. The summed E-state index contributed by atoms with van der Waals surface area (Å²) in [4.78, 5) is 15.7. The monoisotopic (exact) mass is 285 g/mol. The van der Waals surface area contributed by atoms with Gasteiger partial charge in [0.1, 0.15) is 5.75 Å². The second kappa shape index (κ2) is 7.10. The lowest BCUT2D eigenvalue weighted by Gasteiger charge is -1.99. The van der Waals surface area contributed by atoms with Crippen LogP contribution in [0.1, 0.15) is 12.3 Å². The van der Waals surface area contributed by atoms with E-state index in [4.69, 9.17) is 15.7 Å². The van der Waals surface area contributed by atoms with Gasteiger partial charge in [0.15, 0.2) is 0 Å². The van der Waals surface area contributed by atoms with Crippen molar-refractivity contribution in [2.24, 2.45) is 0 Å². The zero-order valence-corrected chi connectivity index (χ0v) is 11.6. The lowest BCUT2D eigenvalue weighted by molar-refractivity contribution is -0.120. The van der Waals surface area contributed by atoms with E-state index in [0.717, 1.165) is 11.3 Å². The summed E-state index contributed by atoms with van der Waals surface area (Å²) < 4.78 is 10.2. The van der Waals surface area contributed by atoms with Crippen molar-refractivity contribution in [1.82, 2.24) is 15.5 Å². The number of hydrogen-bond acceptors (Lipinski definition) is 5. The molecule has 2 aromatic rings. The molecule has 0 aliphatic rings. The molecule has 1 amide bonds. The second-order valence-corrected chi connectivity index (χ2v) is 4.22. The van der Waals surface area contributed by atoms with Crippen LogP contribution in [0.5, 0.6) is 5.75 Å². The largest absolute Gasteiger partial charge is 0.497 e. The lowest BCUT2D eigenvalue weighted by Crippen LogP contribution is -2.23. The molecule has 1 aromatic carbocycles. The molecule has 1 N–H and O–H groups in total. The Balaban J connectivity index is 1.94. The van der Waals surface area contributed by atoms with Gasteiger partial charge in [-0.25, -0.2) is 0 Å². The van der Waals surface area contributed by atoms with Crippen molar-refractivity contribution in [3.05, 3.63) is 30.2 Å². The molecule has 6 heteroatoms. The Morgan fingerprint density at radius 1 is 1.43 bits per heavy atom. The molecule has 1 aromatic heterocycles. The molecule has 0 atom stereocenters. The van der Waals surface area contributed by atoms with Gasteiger partial charge in [0.05, 0.1) is 13.7 Å². The molecule has 0 unspecified atom stereocenters. The first-order valence-corrected chi connectivity index (χ1v) is 6.40. The third-order valence-electron chi connectivity index (χ3n) is 2.77. The summed E-state index contributed by atoms with van der Waals surface area (Å²) >= 11 is 0. The van der Waals surface area contributed by atoms with E-state index in [0.29, 0.717) is 18.1 Å². The Bertz CT molecular complexity index is 641. The van der Waals surface area contributed by atoms with Gasteiger partial charge in [-0.3, -0.25) is 4.79 Å². The van der Waals surface area contributed by atoms with Gasteiger partial charge in [0, 0.05) is 18.4 Å². The van der Waals surface area contributed by atoms with Gasteiger partial charge in [-0.05, 0) is 24.3 Å². The summed E-state index contributed by atoms with van der Waals surface area (Å²) in [6.07, 6.45) is 5.69. The van der Waals surface area contributed by atoms with E-state index in [1.54, 1.807) is 7.11 Å². The predicted molar refractivity (Wildman–Crippen MR) is 76.4 cm³/mol. The number of nitrogens with one attached hydrogen (secondary N) is 1. The van der Waals surface area contributed by atoms with Crippen LogP contribution >= 0.6 is 0 Å². The van der Waals surface area contributed by atoms with E-state index < -0.39 is 0 Å². The number of rotatable bonds is 6. The van der Waals surface area contributed by atoms with E-state index in [2.05, 4.69) is 21.4 Å². The van der Waals surface area contributed by atoms with Gasteiger partial charge in [0.2, 0.25) is 17.6 Å². The number of amides is 1. The number of carbonyl (C=O) groups excluding carboxylic acids is 1. The van der Waals surface area contributed by atoms with Gasteiger partial charge in [-0.2, -0.15) is 4.98 Å². The minimum atomic E-state index is -0.142. The van der Waals surface area contributed by atoms with Gasteiger partial charge in [-0.15, -0.1) is 6.42 Å². The van der Waals surface area contributed by atoms with Crippen molar-refractivity contribution in [3.8, 4) is 29.5 Å². The van der Waals surface area contributed by atoms with Crippen molar-refractivity contribution < 1.29 is 14.1 Å². The van der Waals surface area contributed by atoms with Crippen LogP contribution in [0.25, 0.3) is 11.4 Å². The van der Waals surface area contributed by atoms with E-state index >= 15 is 0 Å². The molecule has 0 aliphatic carbocycles. The minimum Gasteiger partial charge on any atom is -0.497 e. The molecule has 108 valence electrons. The first kappa shape index (κ1) is 14.6. The first-order valence-electron chi connectivity index (χ1n) is 6.40. The van der Waals surface area contributed by atoms with Crippen LogP contribution in [0.3, 0.4) is 0 Å². The van der Waals surface area contributed by atoms with Crippen molar-refractivity contribution in [1.29, 1.82) is 0 Å². The fourth-order valence-corrected chi connectivity index (χ4v) is 1.67. The maximum Gasteiger partial charge on any atom is 0.227 e. The average Bonchev–Trinajstić information content (AvgIpc) is 3.00. The molecule has 6 nitrogen and oxygen atoms in total. The Morgan fingerprint density at radius 3 is 2.86 bits per heavy atom. The molecule has 0 spiro atoms. The predicted octanol–water partition coefficient (Wildman–Crippen LogP) is 1.43. The molecule has 0 aliphatic heterocycles. The molecular weight excluding hydrogens is 270 g/mol. The van der Waals surface area contributed by atoms with E-state index in [1.807, 2.05) is 24.3 Å². The molecule has 0 saturated heterocycles. The summed E-state index contributed by atoms with van der Waals surface area (Å²) in [6.45, 7) is 0.222. The number of ether oxygens (including phenoxy) is 1. The standard InChI is InChI=1S/C15H15N3O3/c1-3-10-16-13(19)8-9-14-17-15(18-21-14)11-4-6-12(20-2)7-5-11/h1,4-7H,8-10H2,2H3,(H,16,19). The van der Waals surface area contributed by atoms with Crippen LogP contribution < -0.4 is 10.1 Å². The van der Waals surface area contributed by atoms with Gasteiger partial charge in [0.25, 0.3) is 0 Å². The second-order valence-electron chi connectivity index (χ2n) is 4.22. The smallest absolute Gasteiger partial charge is 0.227 e. The molecular formula is C15H15N3O3. The molecule has 21 heavy (non-hydrogen) atoms. The fraction of sp³-hybridized carbons (Fsp3) is 0.267. The zero-order valence-electron chi connectivity index (χ0n) is 11.6. The summed E-state index contributed by atoms with van der Waals surface area (Å²) in [5.41, 5.74) is 0.822. The van der Waals surface area contributed by atoms with E-state index in [9.17, 15) is 4.79 Å². The Kier molecular flexibility index (Phi) is 4.94. The molecule has 0 saturated carbocycles. The number of hydrogen-bond donors (Lipinski definition) is 1. The van der Waals surface area contributed by atoms with Crippen molar-refractivity contribution >= 4 is 5.91 Å². The highest BCUT2D eigenvalue weighted by Gasteiger charge is 2.10. The number of nitrogens with zero attached hydrogens (tertiary/aromatic N) is 2. The fourth-order valence-electron chi connectivity index (χ4n) is 1.67. The summed E-state index contributed by atoms with van der Waals surface area (Å²) in [6, 6.07) is 7.32. The van der Waals surface area contributed by atoms with E-state index in [-0.39, 0.29) is 18.9 Å². The zero-order chi connectivity index (χ0) is 15.1. The van der Waals surface area contributed by atoms with Gasteiger partial charge in [-0.1, -0.05) is 11.1 Å². The van der Waals surface area contributed by atoms with E-state index in [1.165, 1.54) is 0 Å². The van der Waals surface area contributed by atoms with Crippen molar-refractivity contribution in [2.75, 3.05) is 13.7 Å². The Labute approximate surface area is 122 Å². The Hall–Kier alpha value is -2.81. The Morgan fingerprint density at radius 2 is 2.19 bits per heavy atom. The lowest BCUT2D eigenvalue weighted by atomic mass is 10.2. The minimum absolute atomic E-state index is 0.142. The molecule has 1 heterocycles. The van der Waals surface area contributed by atoms with Crippen LogP contribution in [-0.4, -0.2) is 29.7 Å². The van der Waals surface area contributed by atoms with Crippen LogP contribution in [0.15, 0.2) is 28.8 Å². The quantitative estimate of drug-likeness (QED) is 0.812. The highest BCUT2D eigenvalue weighted by Crippen LogP contribution is 2.19. The van der Waals surface area contributed by atoms with Crippen LogP contribution in [0.2, 0.25) is 0 Å². The summed E-state index contributed by atoms with van der Waals surface area (Å²) in [7, 11) is 1.60. The number of terminal acetylenes is 1. The van der Waals surface area contributed by atoms with Crippen LogP contribution in [0, 0.1) is 12.3 Å². The maximum absolute atomic E-state index is 11.4. The topological polar surface area (TPSA) is 77.2 Å². The number of aromatic nitrogens is 2. The SMILES string of the molecule is C#CCNC(=O)CCc1nc(-c2ccc(OC)cc2)no1. The normalized spacial score (nSPS) is 9.90. The third kappa shape index (κ3) is 4.08. The summed E-state index contributed by atoms with van der Waals surface area (Å²) in [5.74, 6) is 3.85. The van der Waals surface area contributed by atoms with Crippen LogP contribution in [0.4, 0.5) is 0 Å². The number of methoxy groups -OCH3 is 1.